The lowest BCUT2D eigenvalue weighted by Crippen LogP contribution is -2.38. The monoisotopic (exact) mass is 542 g/mol. The lowest BCUT2D eigenvalue weighted by molar-refractivity contribution is -0.140. The van der Waals surface area contributed by atoms with Gasteiger partial charge in [-0.25, -0.2) is 0 Å². The molecular formula is C33H38N2O5. The molecule has 0 radical (unpaired) electrons. The first-order valence-electron chi connectivity index (χ1n) is 13.9. The molecule has 1 saturated heterocycles. The van der Waals surface area contributed by atoms with E-state index in [0.717, 1.165) is 24.2 Å². The van der Waals surface area contributed by atoms with Gasteiger partial charge in [0, 0.05) is 18.7 Å². The fourth-order valence-corrected chi connectivity index (χ4v) is 4.93. The third-order valence-corrected chi connectivity index (χ3v) is 7.24. The average Bonchev–Trinajstić information content (AvgIpc) is 3.23. The van der Waals surface area contributed by atoms with E-state index in [-0.39, 0.29) is 11.3 Å². The van der Waals surface area contributed by atoms with Crippen LogP contribution in [0.5, 0.6) is 11.5 Å². The molecule has 1 aliphatic heterocycles. The summed E-state index contributed by atoms with van der Waals surface area (Å²) in [6.45, 7) is 11.4. The number of carbonyl (C=O) groups is 2. The normalized spacial score (nSPS) is 16.5. The van der Waals surface area contributed by atoms with Crippen LogP contribution in [0, 0.1) is 6.92 Å². The lowest BCUT2D eigenvalue weighted by Gasteiger charge is -2.28. The van der Waals surface area contributed by atoms with Crippen LogP contribution in [0.4, 0.5) is 0 Å². The summed E-state index contributed by atoms with van der Waals surface area (Å²) in [6.07, 6.45) is 0. The molecule has 1 amide bonds. The Morgan fingerprint density at radius 3 is 2.25 bits per heavy atom. The molecule has 0 saturated carbocycles. The van der Waals surface area contributed by atoms with Gasteiger partial charge in [0.25, 0.3) is 11.7 Å². The van der Waals surface area contributed by atoms with Gasteiger partial charge in [0.05, 0.1) is 18.2 Å². The number of amides is 1. The zero-order chi connectivity index (χ0) is 28.6. The minimum absolute atomic E-state index is 0.0776. The number of likely N-dealkylation sites (tertiary alicyclic amines) is 1. The predicted molar refractivity (Wildman–Crippen MR) is 156 cm³/mol. The van der Waals surface area contributed by atoms with Crippen LogP contribution in [0.2, 0.25) is 0 Å². The van der Waals surface area contributed by atoms with Crippen LogP contribution in [0.25, 0.3) is 5.76 Å². The summed E-state index contributed by atoms with van der Waals surface area (Å²) in [5.74, 6) is -0.414. The number of hydrogen-bond acceptors (Lipinski definition) is 6. The van der Waals surface area contributed by atoms with Crippen LogP contribution >= 0.6 is 0 Å². The summed E-state index contributed by atoms with van der Waals surface area (Å²) in [5, 5.41) is 11.4. The highest BCUT2D eigenvalue weighted by Crippen LogP contribution is 2.42. The second-order valence-electron chi connectivity index (χ2n) is 9.80. The smallest absolute Gasteiger partial charge is 0.295 e. The Morgan fingerprint density at radius 2 is 1.60 bits per heavy atom. The number of hydrogen-bond donors (Lipinski definition) is 1. The first-order chi connectivity index (χ1) is 19.4. The van der Waals surface area contributed by atoms with Crippen LogP contribution < -0.4 is 9.47 Å². The second-order valence-corrected chi connectivity index (χ2v) is 9.80. The van der Waals surface area contributed by atoms with E-state index in [2.05, 4.69) is 18.7 Å². The molecule has 1 unspecified atom stereocenters. The highest BCUT2D eigenvalue weighted by molar-refractivity contribution is 6.46. The van der Waals surface area contributed by atoms with Crippen LogP contribution in [0.15, 0.2) is 78.4 Å². The van der Waals surface area contributed by atoms with Gasteiger partial charge < -0.3 is 24.4 Å². The van der Waals surface area contributed by atoms with Crippen molar-refractivity contribution in [3.8, 4) is 11.5 Å². The molecule has 4 rings (SSSR count). The van der Waals surface area contributed by atoms with E-state index in [0.29, 0.717) is 48.9 Å². The maximum atomic E-state index is 13.4. The molecule has 1 N–H and O–H groups in total. The maximum absolute atomic E-state index is 13.4. The van der Waals surface area contributed by atoms with Crippen LogP contribution in [0.3, 0.4) is 0 Å². The number of likely N-dealkylation sites (N-methyl/N-ethyl adjacent to an activating group) is 1. The van der Waals surface area contributed by atoms with Gasteiger partial charge in [-0.1, -0.05) is 80.1 Å². The number of ether oxygens (including phenoxy) is 2. The first kappa shape index (κ1) is 28.9. The van der Waals surface area contributed by atoms with Crippen molar-refractivity contribution in [1.29, 1.82) is 0 Å². The predicted octanol–water partition coefficient (Wildman–Crippen LogP) is 5.74. The Labute approximate surface area is 236 Å². The average molecular weight is 543 g/mol. The summed E-state index contributed by atoms with van der Waals surface area (Å²) < 4.78 is 12.0. The molecule has 0 aliphatic carbocycles. The topological polar surface area (TPSA) is 79.3 Å². The minimum atomic E-state index is -0.765. The van der Waals surface area contributed by atoms with Crippen molar-refractivity contribution in [2.75, 3.05) is 32.8 Å². The summed E-state index contributed by atoms with van der Waals surface area (Å²) in [4.78, 5) is 30.6. The summed E-state index contributed by atoms with van der Waals surface area (Å²) in [5.41, 5.74) is 3.29. The molecule has 0 bridgehead atoms. The lowest BCUT2D eigenvalue weighted by atomic mass is 9.94. The molecule has 40 heavy (non-hydrogen) atoms. The first-order valence-corrected chi connectivity index (χ1v) is 13.9. The Bertz CT molecular complexity index is 1350. The number of carbonyl (C=O) groups excluding carboxylic acids is 2. The molecule has 3 aromatic rings. The third kappa shape index (κ3) is 6.37. The highest BCUT2D eigenvalue weighted by atomic mass is 16.5. The number of rotatable bonds is 12. The van der Waals surface area contributed by atoms with Crippen LogP contribution in [0.1, 0.15) is 49.1 Å². The second kappa shape index (κ2) is 13.3. The SMILES string of the molecule is CCOc1cc(C2/C(=C(\O)c3ccc(C)cc3)C(=O)C(=O)N2CCN(CC)CC)ccc1OCc1ccccc1. The van der Waals surface area contributed by atoms with Gasteiger partial charge in [0.1, 0.15) is 12.4 Å². The number of ketones is 1. The standard InChI is InChI=1S/C33H38N2O5/c1-5-34(6-2)19-20-35-30(29(32(37)33(35)38)31(36)25-15-13-23(4)14-16-25)26-17-18-27(28(21-26)39-7-3)40-22-24-11-9-8-10-12-24/h8-18,21,30,36H,5-7,19-20,22H2,1-4H3/b31-29+. The van der Waals surface area contributed by atoms with E-state index in [4.69, 9.17) is 9.47 Å². The van der Waals surface area contributed by atoms with Gasteiger partial charge in [-0.3, -0.25) is 9.59 Å². The number of aliphatic hydroxyl groups excluding tert-OH is 1. The van der Waals surface area contributed by atoms with Crippen molar-refractivity contribution in [2.45, 2.75) is 40.3 Å². The molecule has 0 aromatic heterocycles. The quantitative estimate of drug-likeness (QED) is 0.179. The number of aliphatic hydroxyl groups is 1. The van der Waals surface area contributed by atoms with Crippen molar-refractivity contribution in [3.05, 3.63) is 101 Å². The number of nitrogens with zero attached hydrogens (tertiary/aromatic N) is 2. The fourth-order valence-electron chi connectivity index (χ4n) is 4.93. The number of Topliss-reactive ketones (excluding diaryl/α,β-unsaturated/α-hetero) is 1. The van der Waals surface area contributed by atoms with Crippen LogP contribution in [-0.2, 0) is 16.2 Å². The van der Waals surface area contributed by atoms with Crippen LogP contribution in [-0.4, -0.2) is 59.4 Å². The van der Waals surface area contributed by atoms with E-state index in [1.54, 1.807) is 23.1 Å². The van der Waals surface area contributed by atoms with Gasteiger partial charge in [-0.05, 0) is 50.2 Å². The van der Waals surface area contributed by atoms with Gasteiger partial charge in [-0.2, -0.15) is 0 Å². The summed E-state index contributed by atoms with van der Waals surface area (Å²) >= 11 is 0. The molecule has 0 spiro atoms. The van der Waals surface area contributed by atoms with Gasteiger partial charge in [0.2, 0.25) is 0 Å². The van der Waals surface area contributed by atoms with Crippen molar-refractivity contribution in [3.63, 3.8) is 0 Å². The fraction of sp³-hybridized carbons (Fsp3) is 0.333. The largest absolute Gasteiger partial charge is 0.507 e. The van der Waals surface area contributed by atoms with E-state index in [1.807, 2.05) is 68.4 Å². The zero-order valence-corrected chi connectivity index (χ0v) is 23.7. The third-order valence-electron chi connectivity index (χ3n) is 7.24. The maximum Gasteiger partial charge on any atom is 0.295 e. The molecule has 1 fully saturated rings. The summed E-state index contributed by atoms with van der Waals surface area (Å²) in [6, 6.07) is 21.8. The summed E-state index contributed by atoms with van der Waals surface area (Å²) in [7, 11) is 0. The Balaban J connectivity index is 1.76. The zero-order valence-electron chi connectivity index (χ0n) is 23.7. The molecular weight excluding hydrogens is 504 g/mol. The van der Waals surface area contributed by atoms with E-state index < -0.39 is 17.7 Å². The van der Waals surface area contributed by atoms with Crippen molar-refractivity contribution >= 4 is 17.4 Å². The van der Waals surface area contributed by atoms with E-state index in [1.165, 1.54) is 0 Å². The molecule has 210 valence electrons. The highest BCUT2D eigenvalue weighted by Gasteiger charge is 2.46. The molecule has 1 aliphatic rings. The number of aryl methyl sites for hydroxylation is 1. The van der Waals surface area contributed by atoms with Crippen molar-refractivity contribution in [1.82, 2.24) is 9.80 Å². The Kier molecular flexibility index (Phi) is 9.61. The van der Waals surface area contributed by atoms with Gasteiger partial charge >= 0.3 is 0 Å². The Hall–Kier alpha value is -4.10. The molecule has 3 aromatic carbocycles. The van der Waals surface area contributed by atoms with E-state index in [9.17, 15) is 14.7 Å². The van der Waals surface area contributed by atoms with Gasteiger partial charge in [0.15, 0.2) is 11.5 Å². The molecule has 7 nitrogen and oxygen atoms in total. The molecule has 1 atom stereocenters. The van der Waals surface area contributed by atoms with E-state index >= 15 is 0 Å². The van der Waals surface area contributed by atoms with Crippen molar-refractivity contribution < 1.29 is 24.2 Å². The van der Waals surface area contributed by atoms with Crippen molar-refractivity contribution in [2.24, 2.45) is 0 Å². The molecule has 7 heteroatoms. The minimum Gasteiger partial charge on any atom is -0.507 e. The van der Waals surface area contributed by atoms with Gasteiger partial charge in [-0.15, -0.1) is 0 Å². The Morgan fingerprint density at radius 1 is 0.900 bits per heavy atom. The number of benzene rings is 3. The molecule has 1 heterocycles.